The Morgan fingerprint density at radius 3 is 2.79 bits per heavy atom. The Morgan fingerprint density at radius 2 is 2.07 bits per heavy atom. The number of ether oxygens (including phenoxy) is 2. The molecule has 0 aliphatic carbocycles. The van der Waals surface area contributed by atoms with Gasteiger partial charge in [0.1, 0.15) is 17.4 Å². The fraction of sp³-hybridized carbons (Fsp3) is 0.421. The summed E-state index contributed by atoms with van der Waals surface area (Å²) >= 11 is 0. The summed E-state index contributed by atoms with van der Waals surface area (Å²) in [5.74, 6) is 0.741. The largest absolute Gasteiger partial charge is 0.497 e. The van der Waals surface area contributed by atoms with E-state index in [9.17, 15) is 4.39 Å². The summed E-state index contributed by atoms with van der Waals surface area (Å²) < 4.78 is 26.7. The van der Waals surface area contributed by atoms with Gasteiger partial charge in [0, 0.05) is 44.9 Å². The highest BCUT2D eigenvalue weighted by Gasteiger charge is 2.20. The number of nitrogens with two attached hydrogens (primary N) is 1. The summed E-state index contributed by atoms with van der Waals surface area (Å²) in [7, 11) is 3.21. The number of halogens is 1. The molecule has 1 aliphatic heterocycles. The van der Waals surface area contributed by atoms with E-state index in [0.29, 0.717) is 46.4 Å². The van der Waals surface area contributed by atoms with Crippen molar-refractivity contribution in [3.05, 3.63) is 24.0 Å². The van der Waals surface area contributed by atoms with Gasteiger partial charge in [0.25, 0.3) is 0 Å². The molecule has 1 saturated heterocycles. The van der Waals surface area contributed by atoms with Crippen LogP contribution in [-0.4, -0.2) is 71.2 Å². The van der Waals surface area contributed by atoms with Crippen molar-refractivity contribution in [2.24, 2.45) is 7.05 Å². The summed E-state index contributed by atoms with van der Waals surface area (Å²) in [6.07, 6.45) is 0. The number of methoxy groups -OCH3 is 1. The lowest BCUT2D eigenvalue weighted by molar-refractivity contribution is 0.0398. The Labute approximate surface area is 167 Å². The van der Waals surface area contributed by atoms with Crippen molar-refractivity contribution in [1.29, 1.82) is 0 Å². The molecule has 0 bridgehead atoms. The number of morpholine rings is 1. The summed E-state index contributed by atoms with van der Waals surface area (Å²) in [5.41, 5.74) is 7.29. The molecule has 10 heteroatoms. The van der Waals surface area contributed by atoms with Gasteiger partial charge in [0.2, 0.25) is 5.95 Å². The number of aromatic nitrogens is 4. The van der Waals surface area contributed by atoms with Gasteiger partial charge < -0.3 is 20.5 Å². The summed E-state index contributed by atoms with van der Waals surface area (Å²) in [6.45, 7) is 4.79. The molecule has 1 aromatic carbocycles. The predicted molar refractivity (Wildman–Crippen MR) is 108 cm³/mol. The van der Waals surface area contributed by atoms with Gasteiger partial charge in [-0.25, -0.2) is 9.37 Å². The van der Waals surface area contributed by atoms with Crippen LogP contribution in [0.4, 0.5) is 16.2 Å². The fourth-order valence-corrected chi connectivity index (χ4v) is 3.35. The quantitative estimate of drug-likeness (QED) is 0.641. The minimum Gasteiger partial charge on any atom is -0.497 e. The summed E-state index contributed by atoms with van der Waals surface area (Å²) in [4.78, 5) is 11.3. The van der Waals surface area contributed by atoms with Gasteiger partial charge in [0.15, 0.2) is 5.65 Å². The molecule has 0 amide bonds. The standard InChI is InChI=1S/C19H24FN7O2/c1-26-17(21)15-16(13-4-3-12(28-2)11-14(13)20)23-19(24-18(15)25-26)22-5-6-27-7-9-29-10-8-27/h3-4,11H,5-10,21H2,1-2H3,(H,22,24,25). The maximum Gasteiger partial charge on any atom is 0.225 e. The number of rotatable bonds is 6. The molecule has 1 fully saturated rings. The molecule has 9 nitrogen and oxygen atoms in total. The van der Waals surface area contributed by atoms with Gasteiger partial charge in [0.05, 0.1) is 31.4 Å². The van der Waals surface area contributed by atoms with Crippen molar-refractivity contribution in [2.45, 2.75) is 0 Å². The SMILES string of the molecule is COc1ccc(-c2nc(NCCN3CCOCC3)nc3nn(C)c(N)c23)c(F)c1. The third-order valence-corrected chi connectivity index (χ3v) is 4.99. The van der Waals surface area contributed by atoms with Crippen molar-refractivity contribution in [2.75, 3.05) is 57.6 Å². The first-order valence-corrected chi connectivity index (χ1v) is 9.45. The van der Waals surface area contributed by atoms with E-state index >= 15 is 0 Å². The van der Waals surface area contributed by atoms with Crippen LogP contribution in [0.25, 0.3) is 22.3 Å². The van der Waals surface area contributed by atoms with Crippen molar-refractivity contribution < 1.29 is 13.9 Å². The van der Waals surface area contributed by atoms with Crippen LogP contribution in [0, 0.1) is 5.82 Å². The average molecular weight is 401 g/mol. The number of benzene rings is 1. The third kappa shape index (κ3) is 3.94. The maximum absolute atomic E-state index is 14.8. The number of fused-ring (bicyclic) bond motifs is 1. The number of aryl methyl sites for hydroxylation is 1. The molecular weight excluding hydrogens is 377 g/mol. The van der Waals surface area contributed by atoms with E-state index in [4.69, 9.17) is 15.2 Å². The van der Waals surface area contributed by atoms with Crippen LogP contribution in [0.1, 0.15) is 0 Å². The van der Waals surface area contributed by atoms with Gasteiger partial charge >= 0.3 is 0 Å². The number of anilines is 2. The maximum atomic E-state index is 14.8. The molecule has 3 N–H and O–H groups in total. The van der Waals surface area contributed by atoms with Crippen LogP contribution in [0.3, 0.4) is 0 Å². The number of nitrogens with one attached hydrogen (secondary N) is 1. The van der Waals surface area contributed by atoms with Crippen molar-refractivity contribution >= 4 is 22.8 Å². The molecule has 4 rings (SSSR count). The second kappa shape index (κ2) is 8.18. The van der Waals surface area contributed by atoms with Crippen molar-refractivity contribution in [3.8, 4) is 17.0 Å². The molecule has 3 aromatic rings. The normalized spacial score (nSPS) is 15.0. The zero-order valence-corrected chi connectivity index (χ0v) is 16.5. The van der Waals surface area contributed by atoms with Crippen molar-refractivity contribution in [3.63, 3.8) is 0 Å². The third-order valence-electron chi connectivity index (χ3n) is 4.99. The molecule has 3 heterocycles. The van der Waals surface area contributed by atoms with E-state index in [-0.39, 0.29) is 0 Å². The molecule has 0 unspecified atom stereocenters. The molecule has 29 heavy (non-hydrogen) atoms. The zero-order chi connectivity index (χ0) is 20.4. The van der Waals surface area contributed by atoms with E-state index in [0.717, 1.165) is 32.8 Å². The predicted octanol–water partition coefficient (Wildman–Crippen LogP) is 1.50. The Morgan fingerprint density at radius 1 is 1.28 bits per heavy atom. The molecule has 0 radical (unpaired) electrons. The monoisotopic (exact) mass is 401 g/mol. The van der Waals surface area contributed by atoms with E-state index in [1.165, 1.54) is 17.9 Å². The lowest BCUT2D eigenvalue weighted by Gasteiger charge is -2.26. The van der Waals surface area contributed by atoms with Crippen LogP contribution in [0.2, 0.25) is 0 Å². The van der Waals surface area contributed by atoms with Crippen molar-refractivity contribution in [1.82, 2.24) is 24.6 Å². The van der Waals surface area contributed by atoms with Crippen LogP contribution in [-0.2, 0) is 11.8 Å². The highest BCUT2D eigenvalue weighted by atomic mass is 19.1. The van der Waals surface area contributed by atoms with E-state index in [1.807, 2.05) is 0 Å². The number of hydrogen-bond donors (Lipinski definition) is 2. The zero-order valence-electron chi connectivity index (χ0n) is 16.5. The Bertz CT molecular complexity index is 1020. The molecule has 0 saturated carbocycles. The fourth-order valence-electron chi connectivity index (χ4n) is 3.35. The first kappa shape index (κ1) is 19.3. The molecular formula is C19H24FN7O2. The summed E-state index contributed by atoms with van der Waals surface area (Å²) in [6, 6.07) is 4.63. The lowest BCUT2D eigenvalue weighted by Crippen LogP contribution is -2.39. The first-order valence-electron chi connectivity index (χ1n) is 9.45. The van der Waals surface area contributed by atoms with Gasteiger partial charge in [-0.05, 0) is 12.1 Å². The minimum absolute atomic E-state index is 0.314. The molecule has 0 atom stereocenters. The van der Waals surface area contributed by atoms with E-state index in [2.05, 4.69) is 25.3 Å². The Kier molecular flexibility index (Phi) is 5.45. The van der Waals surface area contributed by atoms with Crippen LogP contribution in [0.15, 0.2) is 18.2 Å². The smallest absolute Gasteiger partial charge is 0.225 e. The molecule has 2 aromatic heterocycles. The highest BCUT2D eigenvalue weighted by Crippen LogP contribution is 2.33. The van der Waals surface area contributed by atoms with Crippen LogP contribution >= 0.6 is 0 Å². The van der Waals surface area contributed by atoms with Gasteiger partial charge in [-0.2, -0.15) is 10.1 Å². The van der Waals surface area contributed by atoms with Gasteiger partial charge in [-0.3, -0.25) is 9.58 Å². The minimum atomic E-state index is -0.452. The highest BCUT2D eigenvalue weighted by molar-refractivity contribution is 5.99. The Hall–Kier alpha value is -2.98. The van der Waals surface area contributed by atoms with Gasteiger partial charge in [-0.15, -0.1) is 0 Å². The Balaban J connectivity index is 1.66. The number of hydrogen-bond acceptors (Lipinski definition) is 8. The van der Waals surface area contributed by atoms with Crippen LogP contribution in [0.5, 0.6) is 5.75 Å². The average Bonchev–Trinajstić information content (AvgIpc) is 3.02. The molecule has 0 spiro atoms. The molecule has 1 aliphatic rings. The van der Waals surface area contributed by atoms with Crippen LogP contribution < -0.4 is 15.8 Å². The summed E-state index contributed by atoms with van der Waals surface area (Å²) in [5, 5.41) is 8.09. The molecule has 154 valence electrons. The second-order valence-electron chi connectivity index (χ2n) is 6.83. The van der Waals surface area contributed by atoms with E-state index < -0.39 is 5.82 Å². The van der Waals surface area contributed by atoms with Gasteiger partial charge in [-0.1, -0.05) is 0 Å². The number of nitrogens with zero attached hydrogens (tertiary/aromatic N) is 5. The first-order chi connectivity index (χ1) is 14.1. The second-order valence-corrected chi connectivity index (χ2v) is 6.83. The van der Waals surface area contributed by atoms with E-state index in [1.54, 1.807) is 19.2 Å². The topological polar surface area (TPSA) is 103 Å². The number of nitrogen functional groups attached to an aromatic ring is 1. The lowest BCUT2D eigenvalue weighted by atomic mass is 10.1.